The van der Waals surface area contributed by atoms with Gasteiger partial charge in [-0.15, -0.1) is 11.3 Å². The highest BCUT2D eigenvalue weighted by Gasteiger charge is 2.27. The molecule has 2 aromatic heterocycles. The quantitative estimate of drug-likeness (QED) is 0.177. The third kappa shape index (κ3) is 5.79. The van der Waals surface area contributed by atoms with Crippen LogP contribution in [-0.2, 0) is 19.4 Å². The van der Waals surface area contributed by atoms with Gasteiger partial charge >= 0.3 is 0 Å². The van der Waals surface area contributed by atoms with Crippen molar-refractivity contribution < 1.29 is 9.53 Å². The maximum Gasteiger partial charge on any atom is 0.274 e. The first-order valence-electron chi connectivity index (χ1n) is 13.0. The number of hydrazone groups is 1. The summed E-state index contributed by atoms with van der Waals surface area (Å²) in [6.07, 6.45) is 5.91. The average Bonchev–Trinajstić information content (AvgIpc) is 3.43. The van der Waals surface area contributed by atoms with E-state index in [-0.39, 0.29) is 5.91 Å². The molecule has 1 aliphatic carbocycles. The molecule has 0 spiro atoms. The molecule has 0 unspecified atom stereocenters. The number of hydrogen-bond donors (Lipinski definition) is 1. The number of nitrogens with one attached hydrogen (secondary N) is 1. The molecule has 5 rings (SSSR count). The summed E-state index contributed by atoms with van der Waals surface area (Å²) in [7, 11) is 0. The van der Waals surface area contributed by atoms with E-state index in [0.717, 1.165) is 69.2 Å². The first kappa shape index (κ1) is 27.5. The molecule has 202 valence electrons. The zero-order valence-corrected chi connectivity index (χ0v) is 24.9. The smallest absolute Gasteiger partial charge is 0.274 e. The maximum absolute atomic E-state index is 13.5. The van der Waals surface area contributed by atoms with Gasteiger partial charge in [-0.2, -0.15) is 5.10 Å². The molecule has 0 saturated carbocycles. The molecular formula is C31H31Cl2N3O2S. The fraction of sp³-hybridized carbons (Fsp3) is 0.290. The van der Waals surface area contributed by atoms with Gasteiger partial charge in [0.1, 0.15) is 17.4 Å². The molecule has 0 radical (unpaired) electrons. The second kappa shape index (κ2) is 11.6. The number of thiophene rings is 1. The van der Waals surface area contributed by atoms with Crippen LogP contribution in [0.15, 0.2) is 47.6 Å². The topological polar surface area (TPSA) is 55.6 Å². The van der Waals surface area contributed by atoms with E-state index in [0.29, 0.717) is 16.7 Å². The molecule has 2 aromatic carbocycles. The van der Waals surface area contributed by atoms with Crippen LogP contribution in [0.5, 0.6) is 5.75 Å². The Labute approximate surface area is 243 Å². The van der Waals surface area contributed by atoms with E-state index in [2.05, 4.69) is 41.1 Å². The third-order valence-corrected chi connectivity index (χ3v) is 8.97. The highest BCUT2D eigenvalue weighted by Crippen LogP contribution is 2.38. The summed E-state index contributed by atoms with van der Waals surface area (Å²) in [6, 6.07) is 13.6. The van der Waals surface area contributed by atoms with Crippen LogP contribution in [0.1, 0.15) is 67.3 Å². The minimum atomic E-state index is -0.165. The number of halogens is 2. The number of carbonyl (C=O) groups is 1. The highest BCUT2D eigenvalue weighted by molar-refractivity contribution is 7.15. The summed E-state index contributed by atoms with van der Waals surface area (Å²) < 4.78 is 8.28. The van der Waals surface area contributed by atoms with Gasteiger partial charge in [-0.05, 0) is 112 Å². The Bertz CT molecular complexity index is 1540. The van der Waals surface area contributed by atoms with Crippen molar-refractivity contribution in [3.8, 4) is 10.8 Å². The number of benzene rings is 2. The summed E-state index contributed by atoms with van der Waals surface area (Å²) in [5.41, 5.74) is 10.7. The van der Waals surface area contributed by atoms with Crippen molar-refractivity contribution >= 4 is 46.7 Å². The minimum Gasteiger partial charge on any atom is -0.488 e. The van der Waals surface area contributed by atoms with Crippen LogP contribution in [0, 0.1) is 27.7 Å². The molecule has 0 fully saturated rings. The third-order valence-electron chi connectivity index (χ3n) is 7.10. The lowest BCUT2D eigenvalue weighted by Crippen LogP contribution is -2.21. The van der Waals surface area contributed by atoms with Crippen LogP contribution in [-0.4, -0.2) is 16.7 Å². The lowest BCUT2D eigenvalue weighted by atomic mass is 9.95. The van der Waals surface area contributed by atoms with E-state index in [4.69, 9.17) is 27.9 Å². The zero-order valence-electron chi connectivity index (χ0n) is 22.5. The Morgan fingerprint density at radius 3 is 2.41 bits per heavy atom. The summed E-state index contributed by atoms with van der Waals surface area (Å²) in [5, 5.41) is 6.50. The number of nitrogens with zero attached hydrogens (tertiary/aromatic N) is 2. The normalized spacial score (nSPS) is 13.1. The molecule has 1 amide bonds. The van der Waals surface area contributed by atoms with Gasteiger partial charge in [0.2, 0.25) is 0 Å². The number of hydrogen-bond acceptors (Lipinski definition) is 4. The Morgan fingerprint density at radius 1 is 1.03 bits per heavy atom. The van der Waals surface area contributed by atoms with E-state index in [1.54, 1.807) is 29.7 Å². The molecule has 0 atom stereocenters. The number of carbonyl (C=O) groups excluding carboxylic acids is 1. The Morgan fingerprint density at radius 2 is 1.72 bits per heavy atom. The monoisotopic (exact) mass is 579 g/mol. The predicted octanol–water partition coefficient (Wildman–Crippen LogP) is 8.30. The van der Waals surface area contributed by atoms with Crippen LogP contribution in [0.4, 0.5) is 0 Å². The van der Waals surface area contributed by atoms with Gasteiger partial charge in [0.05, 0.1) is 11.8 Å². The Hall–Kier alpha value is -3.06. The molecule has 0 saturated heterocycles. The molecule has 1 aliphatic rings. The van der Waals surface area contributed by atoms with Crippen LogP contribution in [0.25, 0.3) is 5.00 Å². The molecule has 5 nitrogen and oxygen atoms in total. The fourth-order valence-electron chi connectivity index (χ4n) is 5.23. The first-order chi connectivity index (χ1) is 18.7. The van der Waals surface area contributed by atoms with Crippen molar-refractivity contribution in [3.05, 3.63) is 102 Å². The average molecular weight is 581 g/mol. The van der Waals surface area contributed by atoms with Crippen molar-refractivity contribution in [1.82, 2.24) is 9.99 Å². The van der Waals surface area contributed by atoms with E-state index in [9.17, 15) is 4.79 Å². The fourth-order valence-corrected chi connectivity index (χ4v) is 7.20. The molecule has 8 heteroatoms. The molecular weight excluding hydrogens is 549 g/mol. The van der Waals surface area contributed by atoms with Gasteiger partial charge in [0.25, 0.3) is 5.91 Å². The van der Waals surface area contributed by atoms with Crippen molar-refractivity contribution in [2.24, 2.45) is 5.10 Å². The number of ether oxygens (including phenoxy) is 1. The van der Waals surface area contributed by atoms with E-state index in [1.165, 1.54) is 16.9 Å². The van der Waals surface area contributed by atoms with Gasteiger partial charge in [0, 0.05) is 31.9 Å². The molecule has 39 heavy (non-hydrogen) atoms. The van der Waals surface area contributed by atoms with E-state index in [1.807, 2.05) is 32.0 Å². The number of aromatic nitrogens is 1. The summed E-state index contributed by atoms with van der Waals surface area (Å²) in [6.45, 7) is 8.48. The second-order valence-corrected chi connectivity index (χ2v) is 12.0. The van der Waals surface area contributed by atoms with E-state index < -0.39 is 0 Å². The Balaban J connectivity index is 1.33. The lowest BCUT2D eigenvalue weighted by molar-refractivity contribution is 0.0954. The number of fused-ring (bicyclic) bond motifs is 1. The molecule has 0 bridgehead atoms. The summed E-state index contributed by atoms with van der Waals surface area (Å²) in [5.74, 6) is 0.635. The lowest BCUT2D eigenvalue weighted by Gasteiger charge is -2.14. The van der Waals surface area contributed by atoms with Gasteiger partial charge in [-0.25, -0.2) is 5.43 Å². The van der Waals surface area contributed by atoms with Crippen LogP contribution in [0.2, 0.25) is 10.0 Å². The summed E-state index contributed by atoms with van der Waals surface area (Å²) in [4.78, 5) is 14.8. The Kier molecular flexibility index (Phi) is 8.17. The number of amides is 1. The van der Waals surface area contributed by atoms with Gasteiger partial charge < -0.3 is 9.30 Å². The second-order valence-electron chi connectivity index (χ2n) is 10.0. The minimum absolute atomic E-state index is 0.165. The number of aryl methyl sites for hydroxylation is 5. The van der Waals surface area contributed by atoms with Crippen LogP contribution in [0.3, 0.4) is 0 Å². The highest BCUT2D eigenvalue weighted by atomic mass is 35.5. The van der Waals surface area contributed by atoms with Crippen molar-refractivity contribution in [2.45, 2.75) is 60.0 Å². The number of rotatable bonds is 7. The van der Waals surface area contributed by atoms with Crippen LogP contribution < -0.4 is 10.2 Å². The molecule has 0 aliphatic heterocycles. The zero-order chi connectivity index (χ0) is 27.7. The van der Waals surface area contributed by atoms with Gasteiger partial charge in [-0.1, -0.05) is 29.3 Å². The maximum atomic E-state index is 13.5. The SMILES string of the molecule is Cc1cc(/C=N\NC(=O)c2c(-n3c(C)ccc3C)sc3c2CCCC3)cc(C)c1OCc1ccc(Cl)cc1Cl. The van der Waals surface area contributed by atoms with Crippen molar-refractivity contribution in [1.29, 1.82) is 0 Å². The molecule has 4 aromatic rings. The standard InChI is InChI=1S/C31H31Cl2N3O2S/c1-18-13-22(14-19(2)29(18)38-17-23-11-12-24(32)15-26(23)33)16-34-35-30(37)28-25-7-5-6-8-27(25)39-31(28)36-20(3)9-10-21(36)4/h9-16H,5-8,17H2,1-4H3,(H,35,37)/b34-16-. The van der Waals surface area contributed by atoms with Gasteiger partial charge in [-0.3, -0.25) is 4.79 Å². The predicted molar refractivity (Wildman–Crippen MR) is 162 cm³/mol. The molecule has 1 N–H and O–H groups in total. The summed E-state index contributed by atoms with van der Waals surface area (Å²) >= 11 is 14.0. The van der Waals surface area contributed by atoms with Crippen molar-refractivity contribution in [3.63, 3.8) is 0 Å². The first-order valence-corrected chi connectivity index (χ1v) is 14.6. The van der Waals surface area contributed by atoms with E-state index >= 15 is 0 Å². The van der Waals surface area contributed by atoms with Crippen LogP contribution >= 0.6 is 34.5 Å². The molecule has 2 heterocycles. The van der Waals surface area contributed by atoms with Gasteiger partial charge in [0.15, 0.2) is 0 Å². The largest absolute Gasteiger partial charge is 0.488 e. The van der Waals surface area contributed by atoms with Crippen molar-refractivity contribution in [2.75, 3.05) is 0 Å².